The second kappa shape index (κ2) is 6.13. The van der Waals surface area contributed by atoms with E-state index in [0.29, 0.717) is 12.3 Å². The van der Waals surface area contributed by atoms with Crippen LogP contribution in [0, 0.1) is 6.92 Å². The fourth-order valence-electron chi connectivity index (χ4n) is 1.94. The van der Waals surface area contributed by atoms with Crippen LogP contribution in [0.1, 0.15) is 23.0 Å². The lowest BCUT2D eigenvalue weighted by atomic mass is 10.2. The van der Waals surface area contributed by atoms with Crippen LogP contribution in [0.15, 0.2) is 15.5 Å². The number of carbonyl (C=O) groups excluding carboxylic acids is 1. The van der Waals surface area contributed by atoms with E-state index >= 15 is 0 Å². The molecule has 2 aromatic heterocycles. The molecule has 0 saturated heterocycles. The molecule has 0 aromatic carbocycles. The minimum Gasteiger partial charge on any atom is -0.462 e. The number of aromatic nitrogens is 2. The van der Waals surface area contributed by atoms with Crippen LogP contribution in [0.5, 0.6) is 0 Å². The summed E-state index contributed by atoms with van der Waals surface area (Å²) in [6.07, 6.45) is 3.40. The molecule has 2 rings (SSSR count). The van der Waals surface area contributed by atoms with Crippen LogP contribution in [-0.2, 0) is 11.3 Å². The van der Waals surface area contributed by atoms with Crippen LogP contribution >= 0.6 is 11.8 Å². The Morgan fingerprint density at radius 3 is 2.95 bits per heavy atom. The van der Waals surface area contributed by atoms with Crippen LogP contribution in [0.3, 0.4) is 0 Å². The molecule has 0 unspecified atom stereocenters. The number of carbonyl (C=O) groups is 1. The largest absolute Gasteiger partial charge is 0.462 e. The summed E-state index contributed by atoms with van der Waals surface area (Å²) in [5, 5.41) is 0.199. The zero-order valence-corrected chi connectivity index (χ0v) is 12.5. The number of ether oxygens (including phenoxy) is 1. The lowest BCUT2D eigenvalue weighted by molar-refractivity contribution is 0.0526. The van der Waals surface area contributed by atoms with Crippen molar-refractivity contribution in [2.45, 2.75) is 20.4 Å². The summed E-state index contributed by atoms with van der Waals surface area (Å²) in [6, 6.07) is 0. The molecule has 0 bridgehead atoms. The van der Waals surface area contributed by atoms with E-state index in [9.17, 15) is 9.59 Å². The van der Waals surface area contributed by atoms with Crippen molar-refractivity contribution in [3.8, 4) is 0 Å². The Morgan fingerprint density at radius 2 is 2.30 bits per heavy atom. The van der Waals surface area contributed by atoms with Gasteiger partial charge in [0.15, 0.2) is 0 Å². The Hall–Kier alpha value is -1.76. The van der Waals surface area contributed by atoms with Gasteiger partial charge in [0, 0.05) is 12.3 Å². The maximum Gasteiger partial charge on any atom is 0.342 e. The van der Waals surface area contributed by atoms with Gasteiger partial charge < -0.3 is 9.15 Å². The van der Waals surface area contributed by atoms with Crippen molar-refractivity contribution in [2.24, 2.45) is 0 Å². The molecule has 108 valence electrons. The summed E-state index contributed by atoms with van der Waals surface area (Å²) in [5.74, 6) is 0.592. The first-order chi connectivity index (χ1) is 9.60. The Labute approximate surface area is 120 Å². The standard InChI is InChI=1S/C13H16N2O4S/c1-4-18-13(17)9-8(2)19-11-10(9)12(16)15(7-14-11)5-6-20-3/h7H,4-6H2,1-3H3. The molecule has 2 aromatic rings. The van der Waals surface area contributed by atoms with Crippen LogP contribution in [0.4, 0.5) is 0 Å². The van der Waals surface area contributed by atoms with Crippen molar-refractivity contribution >= 4 is 28.8 Å². The maximum absolute atomic E-state index is 12.4. The van der Waals surface area contributed by atoms with E-state index in [1.807, 2.05) is 6.26 Å². The fraction of sp³-hybridized carbons (Fsp3) is 0.462. The highest BCUT2D eigenvalue weighted by molar-refractivity contribution is 7.98. The Bertz CT molecular complexity index is 689. The highest BCUT2D eigenvalue weighted by Crippen LogP contribution is 2.21. The molecule has 0 radical (unpaired) electrons. The molecule has 20 heavy (non-hydrogen) atoms. The second-order valence-electron chi connectivity index (χ2n) is 4.17. The Morgan fingerprint density at radius 1 is 1.55 bits per heavy atom. The first-order valence-corrected chi connectivity index (χ1v) is 7.64. The molecule has 7 heteroatoms. The maximum atomic E-state index is 12.4. The van der Waals surface area contributed by atoms with Crippen LogP contribution in [-0.4, -0.2) is 34.1 Å². The predicted octanol–water partition coefficient (Wildman–Crippen LogP) is 1.84. The minimum atomic E-state index is -0.551. The number of fused-ring (bicyclic) bond motifs is 1. The van der Waals surface area contributed by atoms with Crippen molar-refractivity contribution in [3.05, 3.63) is 28.0 Å². The number of hydrogen-bond acceptors (Lipinski definition) is 6. The second-order valence-corrected chi connectivity index (χ2v) is 5.16. The Balaban J connectivity index is 2.60. The molecule has 0 spiro atoms. The topological polar surface area (TPSA) is 74.3 Å². The quantitative estimate of drug-likeness (QED) is 0.784. The van der Waals surface area contributed by atoms with E-state index < -0.39 is 5.97 Å². The monoisotopic (exact) mass is 296 g/mol. The number of esters is 1. The zero-order valence-electron chi connectivity index (χ0n) is 11.6. The van der Waals surface area contributed by atoms with Gasteiger partial charge in [-0.15, -0.1) is 0 Å². The summed E-state index contributed by atoms with van der Waals surface area (Å²) >= 11 is 1.63. The Kier molecular flexibility index (Phi) is 4.49. The third-order valence-corrected chi connectivity index (χ3v) is 3.46. The molecule has 6 nitrogen and oxygen atoms in total. The number of thioether (sulfide) groups is 1. The van der Waals surface area contributed by atoms with Gasteiger partial charge in [-0.3, -0.25) is 9.36 Å². The van der Waals surface area contributed by atoms with Crippen molar-refractivity contribution in [1.29, 1.82) is 0 Å². The van der Waals surface area contributed by atoms with Crippen LogP contribution in [0.25, 0.3) is 11.1 Å². The molecule has 0 fully saturated rings. The number of hydrogen-bond donors (Lipinski definition) is 0. The zero-order chi connectivity index (χ0) is 14.7. The van der Waals surface area contributed by atoms with E-state index in [-0.39, 0.29) is 28.8 Å². The van der Waals surface area contributed by atoms with E-state index in [1.54, 1.807) is 25.6 Å². The summed E-state index contributed by atoms with van der Waals surface area (Å²) in [6.45, 7) is 4.12. The van der Waals surface area contributed by atoms with Crippen LogP contribution < -0.4 is 5.56 Å². The summed E-state index contributed by atoms with van der Waals surface area (Å²) in [5.41, 5.74) is 0.0813. The van der Waals surface area contributed by atoms with Gasteiger partial charge in [-0.25, -0.2) is 9.78 Å². The van der Waals surface area contributed by atoms with E-state index in [4.69, 9.17) is 9.15 Å². The number of rotatable bonds is 5. The minimum absolute atomic E-state index is 0.177. The average Bonchev–Trinajstić information content (AvgIpc) is 2.75. The third-order valence-electron chi connectivity index (χ3n) is 2.87. The molecule has 2 heterocycles. The molecule has 0 amide bonds. The summed E-state index contributed by atoms with van der Waals surface area (Å²) < 4.78 is 11.8. The fourth-order valence-corrected chi connectivity index (χ4v) is 2.31. The molecular weight excluding hydrogens is 280 g/mol. The average molecular weight is 296 g/mol. The summed E-state index contributed by atoms with van der Waals surface area (Å²) in [4.78, 5) is 28.5. The van der Waals surface area contributed by atoms with Crippen LogP contribution in [0.2, 0.25) is 0 Å². The lowest BCUT2D eigenvalue weighted by Crippen LogP contribution is -2.22. The normalized spacial score (nSPS) is 10.9. The van der Waals surface area contributed by atoms with Crippen molar-refractivity contribution < 1.29 is 13.9 Å². The van der Waals surface area contributed by atoms with Gasteiger partial charge >= 0.3 is 5.97 Å². The molecular formula is C13H16N2O4S. The van der Waals surface area contributed by atoms with Gasteiger partial charge in [-0.2, -0.15) is 11.8 Å². The lowest BCUT2D eigenvalue weighted by Gasteiger charge is -2.04. The van der Waals surface area contributed by atoms with E-state index in [2.05, 4.69) is 4.98 Å². The van der Waals surface area contributed by atoms with Gasteiger partial charge in [0.05, 0.1) is 6.61 Å². The first-order valence-electron chi connectivity index (χ1n) is 6.24. The number of aryl methyl sites for hydroxylation is 2. The van der Waals surface area contributed by atoms with Gasteiger partial charge in [0.1, 0.15) is 23.0 Å². The van der Waals surface area contributed by atoms with Crippen molar-refractivity contribution in [1.82, 2.24) is 9.55 Å². The number of nitrogens with zero attached hydrogens (tertiary/aromatic N) is 2. The first kappa shape index (κ1) is 14.6. The molecule has 0 saturated carbocycles. The molecule has 0 aliphatic carbocycles. The van der Waals surface area contributed by atoms with E-state index in [0.717, 1.165) is 5.75 Å². The smallest absolute Gasteiger partial charge is 0.342 e. The van der Waals surface area contributed by atoms with Gasteiger partial charge in [-0.05, 0) is 20.1 Å². The highest BCUT2D eigenvalue weighted by Gasteiger charge is 2.23. The SMILES string of the molecule is CCOC(=O)c1c(C)oc2ncn(CCSC)c(=O)c12. The molecule has 0 atom stereocenters. The predicted molar refractivity (Wildman–Crippen MR) is 77.3 cm³/mol. The van der Waals surface area contributed by atoms with Gasteiger partial charge in [0.2, 0.25) is 5.71 Å². The van der Waals surface area contributed by atoms with Crippen molar-refractivity contribution in [2.75, 3.05) is 18.6 Å². The molecule has 0 aliphatic heterocycles. The van der Waals surface area contributed by atoms with E-state index in [1.165, 1.54) is 10.9 Å². The van der Waals surface area contributed by atoms with Gasteiger partial charge in [-0.1, -0.05) is 0 Å². The van der Waals surface area contributed by atoms with Gasteiger partial charge in [0.25, 0.3) is 5.56 Å². The summed E-state index contributed by atoms with van der Waals surface area (Å²) in [7, 11) is 0. The third kappa shape index (κ3) is 2.58. The molecule has 0 N–H and O–H groups in total. The van der Waals surface area contributed by atoms with Crippen molar-refractivity contribution in [3.63, 3.8) is 0 Å². The molecule has 0 aliphatic rings. The number of furan rings is 1. The highest BCUT2D eigenvalue weighted by atomic mass is 32.2.